The molecule has 0 aromatic carbocycles. The summed E-state index contributed by atoms with van der Waals surface area (Å²) >= 11 is 0. The summed E-state index contributed by atoms with van der Waals surface area (Å²) in [5.74, 6) is -0.767. The molecule has 0 aliphatic rings. The van der Waals surface area contributed by atoms with Crippen LogP contribution in [0.3, 0.4) is 0 Å². The van der Waals surface area contributed by atoms with E-state index in [1.165, 1.54) is 12.8 Å². The maximum absolute atomic E-state index is 12.2. The summed E-state index contributed by atoms with van der Waals surface area (Å²) in [6, 6.07) is 2.02. The van der Waals surface area contributed by atoms with Crippen LogP contribution in [0.1, 0.15) is 39.5 Å². The Bertz CT molecular complexity index is 1120. The first kappa shape index (κ1) is 48.9. The fourth-order valence-corrected chi connectivity index (χ4v) is 31.0. The second-order valence-electron chi connectivity index (χ2n) is 16.3. The predicted molar refractivity (Wildman–Crippen MR) is 210 cm³/mol. The van der Waals surface area contributed by atoms with Crippen molar-refractivity contribution < 1.29 is 52.9 Å². The minimum absolute atomic E-state index is 0.162. The highest BCUT2D eigenvalue weighted by molar-refractivity contribution is 7.85. The lowest BCUT2D eigenvalue weighted by molar-refractivity contribution is -0.890. The van der Waals surface area contributed by atoms with Crippen LogP contribution in [0.15, 0.2) is 12.2 Å². The first-order valence-electron chi connectivity index (χ1n) is 17.6. The summed E-state index contributed by atoms with van der Waals surface area (Å²) in [5.41, 5.74) is 0.299. The first-order valence-corrected chi connectivity index (χ1v) is 33.9. The summed E-state index contributed by atoms with van der Waals surface area (Å²) < 4.78 is 75.7. The number of hydrogen-bond acceptors (Lipinski definition) is 10. The number of rotatable bonds is 28. The van der Waals surface area contributed by atoms with Crippen LogP contribution in [0.4, 0.5) is 0 Å². The van der Waals surface area contributed by atoms with E-state index in [4.69, 9.17) is 35.2 Å². The lowest BCUT2D eigenvalue weighted by Gasteiger charge is -2.42. The predicted octanol–water partition coefficient (Wildman–Crippen LogP) is 6.63. The van der Waals surface area contributed by atoms with E-state index in [1.807, 2.05) is 14.1 Å². The van der Waals surface area contributed by atoms with Gasteiger partial charge in [0.15, 0.2) is 16.6 Å². The molecule has 0 spiro atoms. The van der Waals surface area contributed by atoms with Gasteiger partial charge in [0, 0.05) is 18.6 Å². The molecule has 0 amide bonds. The zero-order chi connectivity index (χ0) is 38.4. The van der Waals surface area contributed by atoms with Crippen LogP contribution >= 0.6 is 0 Å². The number of esters is 1. The fraction of sp³-hybridized carbons (Fsp3) is 0.903. The van der Waals surface area contributed by atoms with Crippen LogP contribution in [0.25, 0.3) is 0 Å². The van der Waals surface area contributed by atoms with Gasteiger partial charge in [-0.2, -0.15) is 8.42 Å². The number of hydrogen-bond donors (Lipinski definition) is 1. The van der Waals surface area contributed by atoms with Gasteiger partial charge in [-0.25, -0.2) is 4.79 Å². The third kappa shape index (κ3) is 26.4. The van der Waals surface area contributed by atoms with Crippen LogP contribution in [-0.4, -0.2) is 131 Å². The van der Waals surface area contributed by atoms with Crippen molar-refractivity contribution in [2.45, 2.75) is 123 Å². The molecule has 0 aromatic heterocycles. The minimum Gasteiger partial charge on any atom is -0.454 e. The topological polar surface area (TPSA) is 136 Å². The first-order chi connectivity index (χ1) is 22.0. The molecule has 0 aliphatic carbocycles. The van der Waals surface area contributed by atoms with Crippen LogP contribution < -0.4 is 0 Å². The summed E-state index contributed by atoms with van der Waals surface area (Å²) in [6.45, 7) is 31.5. The van der Waals surface area contributed by atoms with Crippen molar-refractivity contribution in [2.75, 3.05) is 59.4 Å². The van der Waals surface area contributed by atoms with Crippen LogP contribution in [0, 0.1) is 0 Å². The Morgan fingerprint density at radius 1 is 0.735 bits per heavy atom. The Balaban J connectivity index is 4.91. The van der Waals surface area contributed by atoms with Crippen molar-refractivity contribution in [3.8, 4) is 0 Å². The highest BCUT2D eigenvalue weighted by atomic mass is 32.2. The van der Waals surface area contributed by atoms with Gasteiger partial charge < -0.3 is 35.2 Å². The lowest BCUT2D eigenvalue weighted by atomic mass is 10.3. The van der Waals surface area contributed by atoms with Gasteiger partial charge in [0.25, 0.3) is 10.1 Å². The van der Waals surface area contributed by atoms with Crippen LogP contribution in [-0.2, 0) is 45.6 Å². The lowest BCUT2D eigenvalue weighted by Crippen LogP contribution is -2.58. The molecule has 0 fully saturated rings. The van der Waals surface area contributed by atoms with Gasteiger partial charge in [-0.3, -0.25) is 4.55 Å². The third-order valence-corrected chi connectivity index (χ3v) is 27.6. The molecule has 0 saturated carbocycles. The Kier molecular flexibility index (Phi) is 20.9. The normalized spacial score (nSPS) is 14.6. The van der Waals surface area contributed by atoms with Crippen molar-refractivity contribution in [1.82, 2.24) is 0 Å². The Morgan fingerprint density at radius 2 is 1.18 bits per heavy atom. The Morgan fingerprint density at radius 3 is 1.63 bits per heavy atom. The summed E-state index contributed by atoms with van der Waals surface area (Å²) in [6.07, 6.45) is 2.90. The second-order valence-corrected chi connectivity index (χ2v) is 37.6. The largest absolute Gasteiger partial charge is 0.454 e. The standard InChI is InChI=1S/C31H71NO11SSi5/c1-16-17-25-45(6,7)40-47(10,11)42-49(14,15)43-48(12,13)41-46(8,9)26-19-22-37-27-30(39-31(33)29(2)3)28-38-23-21-32(4,5)20-18-24-44(34,35)36/h30H,2,16-28H2,1,3-15H3/p+1. The van der Waals surface area contributed by atoms with Crippen molar-refractivity contribution in [2.24, 2.45) is 0 Å². The number of ether oxygens (including phenoxy) is 3. The molecule has 0 saturated heterocycles. The van der Waals surface area contributed by atoms with Crippen LogP contribution in [0.2, 0.25) is 77.6 Å². The quantitative estimate of drug-likeness (QED) is 0.0228. The molecule has 49 heavy (non-hydrogen) atoms. The monoisotopic (exact) mass is 806 g/mol. The van der Waals surface area contributed by atoms with Crippen LogP contribution in [0.5, 0.6) is 0 Å². The number of likely N-dealkylation sites (N-methyl/N-ethyl adjacent to an activating group) is 1. The minimum atomic E-state index is -3.98. The van der Waals surface area contributed by atoms with E-state index in [9.17, 15) is 13.2 Å². The fourth-order valence-electron chi connectivity index (χ4n) is 5.78. The van der Waals surface area contributed by atoms with Gasteiger partial charge in [-0.15, -0.1) is 0 Å². The van der Waals surface area contributed by atoms with E-state index in [0.717, 1.165) is 18.5 Å². The van der Waals surface area contributed by atoms with Gasteiger partial charge in [0.2, 0.25) is 0 Å². The van der Waals surface area contributed by atoms with Gasteiger partial charge in [0.1, 0.15) is 12.6 Å². The molecule has 1 unspecified atom stereocenters. The highest BCUT2D eigenvalue weighted by Crippen LogP contribution is 2.28. The average Bonchev–Trinajstić information content (AvgIpc) is 2.85. The van der Waals surface area contributed by atoms with E-state index in [0.29, 0.717) is 42.8 Å². The van der Waals surface area contributed by atoms with E-state index >= 15 is 0 Å². The van der Waals surface area contributed by atoms with E-state index in [1.54, 1.807) is 6.92 Å². The van der Waals surface area contributed by atoms with Gasteiger partial charge in [-0.1, -0.05) is 26.3 Å². The smallest absolute Gasteiger partial charge is 0.333 e. The average molecular weight is 807 g/mol. The summed E-state index contributed by atoms with van der Waals surface area (Å²) in [5, 5.41) is 0. The highest BCUT2D eigenvalue weighted by Gasteiger charge is 2.45. The SMILES string of the molecule is C=C(C)C(=O)OC(COCCC[Si](C)(C)O[Si](C)(C)O[Si](C)(C)O[Si](C)(C)O[Si](C)(C)CCCC)COCC[N+](C)(C)CCCS(=O)(=O)O. The van der Waals surface area contributed by atoms with Gasteiger partial charge in [-0.05, 0) is 90.9 Å². The molecular formula is C31H72NO11SSi5+. The summed E-state index contributed by atoms with van der Waals surface area (Å²) in [7, 11) is -11.3. The molecule has 0 heterocycles. The number of nitrogens with zero attached hydrogens (tertiary/aromatic N) is 1. The van der Waals surface area contributed by atoms with Crippen molar-refractivity contribution >= 4 is 58.4 Å². The molecule has 12 nitrogen and oxygen atoms in total. The Hall–Kier alpha value is -0.0756. The molecule has 18 heteroatoms. The van der Waals surface area contributed by atoms with Crippen molar-refractivity contribution in [1.29, 1.82) is 0 Å². The van der Waals surface area contributed by atoms with Gasteiger partial charge >= 0.3 is 31.7 Å². The maximum atomic E-state index is 12.2. The number of quaternary nitrogens is 1. The number of carbonyl (C=O) groups excluding carboxylic acids is 1. The molecule has 0 rings (SSSR count). The number of carbonyl (C=O) groups is 1. The Labute approximate surface area is 304 Å². The third-order valence-electron chi connectivity index (χ3n) is 7.46. The van der Waals surface area contributed by atoms with Gasteiger partial charge in [0.05, 0.1) is 46.2 Å². The van der Waals surface area contributed by atoms with E-state index in [2.05, 4.69) is 79.0 Å². The second kappa shape index (κ2) is 21.0. The molecular weight excluding hydrogens is 735 g/mol. The number of unbranched alkanes of at least 4 members (excludes halogenated alkanes) is 1. The molecule has 292 valence electrons. The van der Waals surface area contributed by atoms with E-state index in [-0.39, 0.29) is 19.0 Å². The van der Waals surface area contributed by atoms with Crippen molar-refractivity contribution in [3.05, 3.63) is 12.2 Å². The molecule has 1 atom stereocenters. The van der Waals surface area contributed by atoms with E-state index < -0.39 is 64.5 Å². The molecule has 0 bridgehead atoms. The molecule has 0 aliphatic heterocycles. The summed E-state index contributed by atoms with van der Waals surface area (Å²) in [4.78, 5) is 12.2. The molecule has 1 N–H and O–H groups in total. The maximum Gasteiger partial charge on any atom is 0.333 e. The van der Waals surface area contributed by atoms with Crippen molar-refractivity contribution in [3.63, 3.8) is 0 Å². The molecule has 0 radical (unpaired) electrons. The zero-order valence-corrected chi connectivity index (χ0v) is 39.2. The zero-order valence-electron chi connectivity index (χ0n) is 33.4. The molecule has 0 aromatic rings.